The Morgan fingerprint density at radius 2 is 0.645 bits per heavy atom. The SMILES string of the molecule is CCCCCCCCCCCCC(CCCCCCCCCCCC)N1C(=O)/C(=C2/C(=O)N(C(CCCCCCCCCCCC)CCCCCCCCCCCC)c3cc(N=NC)c(F)cc32)c2cc(F)c(C)cc21. The number of nitrogens with zero attached hydrogens (tertiary/aromatic N) is 4. The van der Waals surface area contributed by atoms with E-state index >= 15 is 18.4 Å². The Balaban J connectivity index is 1.66. The van der Waals surface area contributed by atoms with Gasteiger partial charge in [-0.15, -0.1) is 0 Å². The monoisotopic (exact) mass is 1050 g/mol. The van der Waals surface area contributed by atoms with E-state index in [0.29, 0.717) is 28.1 Å². The van der Waals surface area contributed by atoms with E-state index in [4.69, 9.17) is 0 Å². The molecule has 8 heteroatoms. The van der Waals surface area contributed by atoms with Crippen LogP contribution in [-0.4, -0.2) is 30.9 Å². The first-order valence-corrected chi connectivity index (χ1v) is 32.6. The van der Waals surface area contributed by atoms with Gasteiger partial charge >= 0.3 is 0 Å². The maximum Gasteiger partial charge on any atom is 0.260 e. The number of rotatable bonds is 47. The molecule has 6 nitrogen and oxygen atoms in total. The smallest absolute Gasteiger partial charge is 0.260 e. The number of carbonyl (C=O) groups excluding carboxylic acids is 2. The highest BCUT2D eigenvalue weighted by atomic mass is 19.1. The van der Waals surface area contributed by atoms with Crippen molar-refractivity contribution in [2.75, 3.05) is 16.8 Å². The minimum absolute atomic E-state index is 0.0800. The highest BCUT2D eigenvalue weighted by Crippen LogP contribution is 2.51. The number of azo groups is 1. The van der Waals surface area contributed by atoms with E-state index in [9.17, 15) is 0 Å². The van der Waals surface area contributed by atoms with Crippen LogP contribution in [-0.2, 0) is 9.59 Å². The number of benzene rings is 2. The number of unbranched alkanes of at least 4 members (excludes halogenated alkanes) is 36. The van der Waals surface area contributed by atoms with E-state index in [0.717, 1.165) is 77.0 Å². The third-order valence-electron chi connectivity index (χ3n) is 17.0. The topological polar surface area (TPSA) is 65.3 Å². The van der Waals surface area contributed by atoms with Crippen LogP contribution in [0.3, 0.4) is 0 Å². The van der Waals surface area contributed by atoms with Crippen molar-refractivity contribution in [1.82, 2.24) is 0 Å². The molecule has 2 aliphatic heterocycles. The van der Waals surface area contributed by atoms with Crippen LogP contribution in [0.2, 0.25) is 0 Å². The summed E-state index contributed by atoms with van der Waals surface area (Å²) in [6.07, 6.45) is 52.8. The minimum atomic E-state index is -0.588. The lowest BCUT2D eigenvalue weighted by Crippen LogP contribution is -2.39. The van der Waals surface area contributed by atoms with E-state index < -0.39 is 11.6 Å². The first kappa shape index (κ1) is 65.1. The maximum absolute atomic E-state index is 16.3. The molecule has 4 rings (SSSR count). The van der Waals surface area contributed by atoms with Gasteiger partial charge in [-0.05, 0) is 62.4 Å². The molecule has 76 heavy (non-hydrogen) atoms. The molecule has 430 valence electrons. The van der Waals surface area contributed by atoms with E-state index in [1.807, 2.05) is 15.9 Å². The normalized spacial score (nSPS) is 14.6. The summed E-state index contributed by atoms with van der Waals surface area (Å²) in [7, 11) is 1.53. The number of fused-ring (bicyclic) bond motifs is 2. The zero-order valence-corrected chi connectivity index (χ0v) is 49.9. The van der Waals surface area contributed by atoms with Crippen molar-refractivity contribution >= 4 is 40.0 Å². The second-order valence-corrected chi connectivity index (χ2v) is 23.5. The summed E-state index contributed by atoms with van der Waals surface area (Å²) in [6, 6.07) is 6.19. The molecule has 0 radical (unpaired) electrons. The molecule has 0 unspecified atom stereocenters. The third-order valence-corrected chi connectivity index (χ3v) is 17.0. The molecule has 0 spiro atoms. The van der Waals surface area contributed by atoms with Gasteiger partial charge in [0.2, 0.25) is 0 Å². The van der Waals surface area contributed by atoms with Crippen molar-refractivity contribution in [2.24, 2.45) is 10.2 Å². The zero-order chi connectivity index (χ0) is 54.6. The largest absolute Gasteiger partial charge is 0.305 e. The quantitative estimate of drug-likeness (QED) is 0.0377. The number of carbonyl (C=O) groups is 2. The van der Waals surface area contributed by atoms with Crippen LogP contribution < -0.4 is 9.80 Å². The van der Waals surface area contributed by atoms with Crippen LogP contribution in [0, 0.1) is 18.6 Å². The van der Waals surface area contributed by atoms with E-state index in [-0.39, 0.29) is 40.7 Å². The summed E-state index contributed by atoms with van der Waals surface area (Å²) in [6.45, 7) is 10.8. The highest BCUT2D eigenvalue weighted by molar-refractivity contribution is 6.50. The van der Waals surface area contributed by atoms with Crippen LogP contribution in [0.1, 0.15) is 327 Å². The van der Waals surface area contributed by atoms with Crippen molar-refractivity contribution in [1.29, 1.82) is 0 Å². The fourth-order valence-corrected chi connectivity index (χ4v) is 12.4. The number of hydrogen-bond acceptors (Lipinski definition) is 4. The second-order valence-electron chi connectivity index (χ2n) is 23.5. The van der Waals surface area contributed by atoms with E-state index in [1.54, 1.807) is 13.0 Å². The first-order valence-electron chi connectivity index (χ1n) is 32.6. The van der Waals surface area contributed by atoms with Crippen molar-refractivity contribution < 1.29 is 18.4 Å². The summed E-state index contributed by atoms with van der Waals surface area (Å²) in [5, 5.41) is 8.15. The zero-order valence-electron chi connectivity index (χ0n) is 49.9. The van der Waals surface area contributed by atoms with Gasteiger partial charge in [0, 0.05) is 30.3 Å². The van der Waals surface area contributed by atoms with Crippen molar-refractivity contribution in [2.45, 2.75) is 329 Å². The molecular formula is C68H112F2N4O2. The molecule has 2 aromatic carbocycles. The number of aryl methyl sites for hydroxylation is 1. The Morgan fingerprint density at radius 1 is 0.382 bits per heavy atom. The number of halogens is 2. The molecule has 2 aliphatic rings. The Hall–Kier alpha value is -3.42. The fourth-order valence-electron chi connectivity index (χ4n) is 12.4. The summed E-state index contributed by atoms with van der Waals surface area (Å²) in [4.78, 5) is 35.2. The van der Waals surface area contributed by atoms with Gasteiger partial charge in [-0.1, -0.05) is 285 Å². The summed E-state index contributed by atoms with van der Waals surface area (Å²) in [5.74, 6) is -1.52. The summed E-state index contributed by atoms with van der Waals surface area (Å²) >= 11 is 0. The molecular weight excluding hydrogens is 943 g/mol. The van der Waals surface area contributed by atoms with E-state index in [2.05, 4.69) is 37.9 Å². The standard InChI is InChI=1S/C68H112F2N4O2/c1-7-11-15-19-23-27-31-35-39-43-47-56(48-44-40-36-32-28-24-20-16-12-8-2)73-63-51-55(5)60(69)52-58(63)65(67(73)75)66-59-53-61(70)62(72-71-6)54-64(59)74(68(66)76)57(49-45-41-37-33-29-25-21-17-13-9-3)50-46-42-38-34-30-26-22-18-14-10-4/h51-54,56-57H,7-50H2,1-6H3/b66-65+,72-71?. The van der Waals surface area contributed by atoms with Crippen LogP contribution in [0.5, 0.6) is 0 Å². The Bertz CT molecular complexity index is 1930. The van der Waals surface area contributed by atoms with Gasteiger partial charge < -0.3 is 9.80 Å². The first-order chi connectivity index (χ1) is 37.2. The molecule has 0 saturated carbocycles. The predicted molar refractivity (Wildman–Crippen MR) is 323 cm³/mol. The number of anilines is 2. The van der Waals surface area contributed by atoms with Crippen molar-refractivity contribution in [3.05, 3.63) is 52.6 Å². The van der Waals surface area contributed by atoms with Crippen LogP contribution in [0.4, 0.5) is 25.8 Å². The Kier molecular flexibility index (Phi) is 34.1. The van der Waals surface area contributed by atoms with Crippen LogP contribution >= 0.6 is 0 Å². The lowest BCUT2D eigenvalue weighted by atomic mass is 9.95. The molecule has 0 atom stereocenters. The van der Waals surface area contributed by atoms with Gasteiger partial charge in [0.15, 0.2) is 5.82 Å². The molecule has 0 bridgehead atoms. The molecule has 0 N–H and O–H groups in total. The van der Waals surface area contributed by atoms with Gasteiger partial charge in [0.1, 0.15) is 11.5 Å². The summed E-state index contributed by atoms with van der Waals surface area (Å²) < 4.78 is 32.4. The van der Waals surface area contributed by atoms with Crippen molar-refractivity contribution in [3.63, 3.8) is 0 Å². The lowest BCUT2D eigenvalue weighted by Gasteiger charge is -2.29. The lowest BCUT2D eigenvalue weighted by molar-refractivity contribution is -0.115. The third kappa shape index (κ3) is 22.4. The Morgan fingerprint density at radius 3 is 0.934 bits per heavy atom. The fraction of sp³-hybridized carbons (Fsp3) is 0.765. The average Bonchev–Trinajstić information content (AvgIpc) is 3.83. The maximum atomic E-state index is 16.3. The van der Waals surface area contributed by atoms with Crippen molar-refractivity contribution in [3.8, 4) is 0 Å². The minimum Gasteiger partial charge on any atom is -0.305 e. The number of hydrogen-bond donors (Lipinski definition) is 0. The van der Waals surface area contributed by atoms with Crippen LogP contribution in [0.25, 0.3) is 11.1 Å². The van der Waals surface area contributed by atoms with Gasteiger partial charge in [-0.3, -0.25) is 9.59 Å². The second kappa shape index (κ2) is 39.9. The van der Waals surface area contributed by atoms with Crippen LogP contribution in [0.15, 0.2) is 34.5 Å². The highest BCUT2D eigenvalue weighted by Gasteiger charge is 2.46. The molecule has 0 fully saturated rings. The van der Waals surface area contributed by atoms with Gasteiger partial charge in [-0.25, -0.2) is 8.78 Å². The van der Waals surface area contributed by atoms with Gasteiger partial charge in [-0.2, -0.15) is 10.2 Å². The molecule has 0 saturated heterocycles. The Labute approximate surface area is 465 Å². The number of amides is 2. The van der Waals surface area contributed by atoms with Gasteiger partial charge in [0.05, 0.1) is 22.5 Å². The molecule has 0 aliphatic carbocycles. The molecule has 2 amide bonds. The molecule has 0 aromatic heterocycles. The predicted octanol–water partition coefficient (Wildman–Crippen LogP) is 22.6. The van der Waals surface area contributed by atoms with E-state index in [1.165, 1.54) is 225 Å². The molecule has 2 heterocycles. The molecule has 2 aromatic rings. The van der Waals surface area contributed by atoms with Gasteiger partial charge in [0.25, 0.3) is 11.8 Å². The average molecular weight is 1060 g/mol. The summed E-state index contributed by atoms with van der Waals surface area (Å²) in [5.41, 5.74) is 3.13.